The van der Waals surface area contributed by atoms with Crippen molar-refractivity contribution < 1.29 is 0 Å². The van der Waals surface area contributed by atoms with Crippen LogP contribution in [0.2, 0.25) is 10.0 Å². The fraction of sp³-hybridized carbons (Fsp3) is 0.600. The Kier molecular flexibility index (Phi) is 5.13. The van der Waals surface area contributed by atoms with E-state index in [9.17, 15) is 0 Å². The second kappa shape index (κ2) is 6.45. The molecule has 1 aromatic rings. The van der Waals surface area contributed by atoms with Gasteiger partial charge in [-0.3, -0.25) is 4.90 Å². The molecular weight excluding hydrogens is 279 g/mol. The van der Waals surface area contributed by atoms with E-state index >= 15 is 0 Å². The van der Waals surface area contributed by atoms with E-state index in [1.54, 1.807) is 0 Å². The number of hydrogen-bond acceptors (Lipinski definition) is 2. The predicted molar refractivity (Wildman–Crippen MR) is 82.8 cm³/mol. The molecule has 1 aliphatic heterocycles. The van der Waals surface area contributed by atoms with Crippen LogP contribution >= 0.6 is 23.2 Å². The Morgan fingerprint density at radius 2 is 2.05 bits per heavy atom. The van der Waals surface area contributed by atoms with E-state index in [2.05, 4.69) is 24.8 Å². The van der Waals surface area contributed by atoms with Gasteiger partial charge in [0.2, 0.25) is 0 Å². The summed E-state index contributed by atoms with van der Waals surface area (Å²) in [6.45, 7) is 6.32. The van der Waals surface area contributed by atoms with Crippen LogP contribution in [0.15, 0.2) is 18.2 Å². The molecule has 0 radical (unpaired) electrons. The lowest BCUT2D eigenvalue weighted by Gasteiger charge is -2.43. The third kappa shape index (κ3) is 3.25. The van der Waals surface area contributed by atoms with Crippen LogP contribution < -0.4 is 5.73 Å². The summed E-state index contributed by atoms with van der Waals surface area (Å²) >= 11 is 12.2. The van der Waals surface area contributed by atoms with Crippen LogP contribution in [0.3, 0.4) is 0 Å². The third-order valence-corrected chi connectivity index (χ3v) is 4.79. The Bertz CT molecular complexity index is 434. The molecule has 1 fully saturated rings. The normalized spacial score (nSPS) is 24.9. The van der Waals surface area contributed by atoms with Crippen molar-refractivity contribution in [3.63, 3.8) is 0 Å². The second-order valence-corrected chi connectivity index (χ2v) is 6.40. The van der Waals surface area contributed by atoms with Crippen molar-refractivity contribution in [1.29, 1.82) is 0 Å². The zero-order valence-electron chi connectivity index (χ0n) is 11.6. The Morgan fingerprint density at radius 1 is 1.32 bits per heavy atom. The maximum atomic E-state index is 6.17. The number of rotatable bonds is 3. The summed E-state index contributed by atoms with van der Waals surface area (Å²) in [5, 5.41) is 1.24. The van der Waals surface area contributed by atoms with Crippen molar-refractivity contribution in [1.82, 2.24) is 4.90 Å². The molecule has 2 atom stereocenters. The van der Waals surface area contributed by atoms with Gasteiger partial charge >= 0.3 is 0 Å². The molecule has 2 N–H and O–H groups in total. The highest BCUT2D eigenvalue weighted by Crippen LogP contribution is 2.38. The van der Waals surface area contributed by atoms with Crippen LogP contribution in [0.4, 0.5) is 0 Å². The molecule has 2 unspecified atom stereocenters. The molecule has 0 spiro atoms. The maximum Gasteiger partial charge on any atom is 0.0595 e. The van der Waals surface area contributed by atoms with Gasteiger partial charge in [0, 0.05) is 12.1 Å². The van der Waals surface area contributed by atoms with Crippen LogP contribution in [0.5, 0.6) is 0 Å². The van der Waals surface area contributed by atoms with Gasteiger partial charge in [-0.1, -0.05) is 29.3 Å². The molecule has 0 aliphatic carbocycles. The molecule has 2 nitrogen and oxygen atoms in total. The van der Waals surface area contributed by atoms with Gasteiger partial charge in [-0.25, -0.2) is 0 Å². The minimum atomic E-state index is 0.355. The van der Waals surface area contributed by atoms with E-state index in [1.807, 2.05) is 12.1 Å². The molecule has 0 aromatic heterocycles. The van der Waals surface area contributed by atoms with Gasteiger partial charge < -0.3 is 5.73 Å². The predicted octanol–water partition coefficient (Wildman–Crippen LogP) is 4.11. The summed E-state index contributed by atoms with van der Waals surface area (Å²) in [5.74, 6) is 0.494. The van der Waals surface area contributed by atoms with Crippen molar-refractivity contribution in [3.8, 4) is 0 Å². The highest BCUT2D eigenvalue weighted by atomic mass is 35.5. The van der Waals surface area contributed by atoms with Crippen molar-refractivity contribution in [3.05, 3.63) is 33.8 Å². The van der Waals surface area contributed by atoms with E-state index in [0.29, 0.717) is 34.6 Å². The van der Waals surface area contributed by atoms with Gasteiger partial charge in [0.1, 0.15) is 0 Å². The molecule has 0 saturated carbocycles. The number of hydrogen-bond donors (Lipinski definition) is 1. The zero-order chi connectivity index (χ0) is 14.0. The van der Waals surface area contributed by atoms with Gasteiger partial charge in [-0.05, 0) is 63.4 Å². The number of piperidine rings is 1. The molecule has 19 heavy (non-hydrogen) atoms. The fourth-order valence-electron chi connectivity index (χ4n) is 3.09. The van der Waals surface area contributed by atoms with Gasteiger partial charge in [-0.2, -0.15) is 0 Å². The van der Waals surface area contributed by atoms with Crippen LogP contribution in [0.25, 0.3) is 0 Å². The quantitative estimate of drug-likeness (QED) is 0.910. The Labute approximate surface area is 125 Å². The first-order valence-electron chi connectivity index (χ1n) is 6.95. The average Bonchev–Trinajstić information content (AvgIpc) is 2.41. The Morgan fingerprint density at radius 3 is 2.63 bits per heavy atom. The highest BCUT2D eigenvalue weighted by Gasteiger charge is 2.33. The van der Waals surface area contributed by atoms with Gasteiger partial charge in [0.15, 0.2) is 0 Å². The molecule has 106 valence electrons. The number of likely N-dealkylation sites (tertiary alicyclic amines) is 1. The smallest absolute Gasteiger partial charge is 0.0595 e. The Balaban J connectivity index is 2.36. The summed E-state index contributed by atoms with van der Waals surface area (Å²) in [7, 11) is 0. The third-order valence-electron chi connectivity index (χ3n) is 4.05. The molecular formula is C15H22Cl2N2. The summed E-state index contributed by atoms with van der Waals surface area (Å²) in [4.78, 5) is 2.53. The van der Waals surface area contributed by atoms with E-state index in [0.717, 1.165) is 6.54 Å². The first-order chi connectivity index (χ1) is 9.04. The SMILES string of the molecule is CC(C)N1CCCC(CN)C1c1ccc(Cl)c(Cl)c1. The number of nitrogens with two attached hydrogens (primary N) is 1. The largest absolute Gasteiger partial charge is 0.330 e. The number of halogens is 2. The van der Waals surface area contributed by atoms with E-state index in [-0.39, 0.29) is 0 Å². The van der Waals surface area contributed by atoms with Crippen molar-refractivity contribution in [2.45, 2.75) is 38.8 Å². The lowest BCUT2D eigenvalue weighted by atomic mass is 9.84. The van der Waals surface area contributed by atoms with Crippen molar-refractivity contribution in [2.24, 2.45) is 11.7 Å². The summed E-state index contributed by atoms with van der Waals surface area (Å²) < 4.78 is 0. The molecule has 0 bridgehead atoms. The van der Waals surface area contributed by atoms with Gasteiger partial charge in [0.05, 0.1) is 10.0 Å². The number of nitrogens with zero attached hydrogens (tertiary/aromatic N) is 1. The maximum absolute atomic E-state index is 6.17. The lowest BCUT2D eigenvalue weighted by Crippen LogP contribution is -2.44. The second-order valence-electron chi connectivity index (χ2n) is 5.59. The standard InChI is InChI=1S/C15H22Cl2N2/c1-10(2)19-7-3-4-12(9-18)15(19)11-5-6-13(16)14(17)8-11/h5-6,8,10,12,15H,3-4,7,9,18H2,1-2H3. The van der Waals surface area contributed by atoms with Gasteiger partial charge in [-0.15, -0.1) is 0 Å². The van der Waals surface area contributed by atoms with Crippen LogP contribution in [-0.2, 0) is 0 Å². The van der Waals surface area contributed by atoms with Crippen molar-refractivity contribution >= 4 is 23.2 Å². The average molecular weight is 301 g/mol. The molecule has 1 aromatic carbocycles. The van der Waals surface area contributed by atoms with Crippen LogP contribution in [0.1, 0.15) is 38.3 Å². The minimum absolute atomic E-state index is 0.355. The van der Waals surface area contributed by atoms with Crippen LogP contribution in [-0.4, -0.2) is 24.0 Å². The molecule has 1 saturated heterocycles. The molecule has 0 amide bonds. The highest BCUT2D eigenvalue weighted by molar-refractivity contribution is 6.42. The summed E-state index contributed by atoms with van der Waals surface area (Å²) in [6.07, 6.45) is 2.41. The monoisotopic (exact) mass is 300 g/mol. The van der Waals surface area contributed by atoms with E-state index < -0.39 is 0 Å². The topological polar surface area (TPSA) is 29.3 Å². The Hall–Kier alpha value is -0.280. The fourth-order valence-corrected chi connectivity index (χ4v) is 3.40. The van der Waals surface area contributed by atoms with Crippen LogP contribution in [0, 0.1) is 5.92 Å². The minimum Gasteiger partial charge on any atom is -0.330 e. The number of benzene rings is 1. The summed E-state index contributed by atoms with van der Waals surface area (Å²) in [5.41, 5.74) is 7.21. The summed E-state index contributed by atoms with van der Waals surface area (Å²) in [6, 6.07) is 6.84. The van der Waals surface area contributed by atoms with Gasteiger partial charge in [0.25, 0.3) is 0 Å². The first-order valence-corrected chi connectivity index (χ1v) is 7.71. The van der Waals surface area contributed by atoms with Crippen molar-refractivity contribution in [2.75, 3.05) is 13.1 Å². The first kappa shape index (κ1) is 15.1. The lowest BCUT2D eigenvalue weighted by molar-refractivity contribution is 0.0665. The molecule has 4 heteroatoms. The molecule has 1 heterocycles. The molecule has 2 rings (SSSR count). The zero-order valence-corrected chi connectivity index (χ0v) is 13.1. The molecule has 1 aliphatic rings. The van der Waals surface area contributed by atoms with E-state index in [1.165, 1.54) is 18.4 Å². The van der Waals surface area contributed by atoms with E-state index in [4.69, 9.17) is 28.9 Å².